The maximum atomic E-state index is 13.1. The normalized spacial score (nSPS) is 18.9. The molecule has 86 valence electrons. The number of benzene rings is 1. The largest absolute Gasteiger partial charge is 0.345 e. The van der Waals surface area contributed by atoms with Crippen LogP contribution >= 0.6 is 0 Å². The first kappa shape index (κ1) is 11.1. The number of hydrogen-bond acceptors (Lipinski definition) is 2. The van der Waals surface area contributed by atoms with Crippen molar-refractivity contribution in [2.24, 2.45) is 5.73 Å². The lowest BCUT2D eigenvalue weighted by Gasteiger charge is -2.19. The molecule has 1 saturated carbocycles. The minimum absolute atomic E-state index is 0.193. The van der Waals surface area contributed by atoms with E-state index in [0.717, 1.165) is 18.4 Å². The van der Waals surface area contributed by atoms with Crippen LogP contribution in [0.1, 0.15) is 25.3 Å². The van der Waals surface area contributed by atoms with Crippen LogP contribution in [-0.2, 0) is 10.3 Å². The number of rotatable bonds is 3. The maximum absolute atomic E-state index is 13.1. The summed E-state index contributed by atoms with van der Waals surface area (Å²) in [5, 5.41) is 2.88. The molecule has 1 aromatic rings. The fourth-order valence-corrected chi connectivity index (χ4v) is 1.75. The van der Waals surface area contributed by atoms with Gasteiger partial charge in [0.15, 0.2) is 0 Å². The van der Waals surface area contributed by atoms with Crippen LogP contribution in [0, 0.1) is 5.82 Å². The smallest absolute Gasteiger partial charge is 0.237 e. The zero-order valence-corrected chi connectivity index (χ0v) is 9.16. The minimum atomic E-state index is -0.536. The Morgan fingerprint density at radius 3 is 2.75 bits per heavy atom. The van der Waals surface area contributed by atoms with Crippen molar-refractivity contribution in [2.75, 3.05) is 0 Å². The van der Waals surface area contributed by atoms with Crippen LogP contribution in [0.4, 0.5) is 4.39 Å². The Morgan fingerprint density at radius 1 is 1.56 bits per heavy atom. The predicted octanol–water partition coefficient (Wildman–Crippen LogP) is 1.28. The molecule has 0 heterocycles. The average molecular weight is 222 g/mol. The molecule has 0 saturated heterocycles. The Kier molecular flexibility index (Phi) is 2.68. The van der Waals surface area contributed by atoms with Crippen LogP contribution < -0.4 is 11.1 Å². The van der Waals surface area contributed by atoms with Gasteiger partial charge in [-0.25, -0.2) is 4.39 Å². The van der Waals surface area contributed by atoms with Crippen molar-refractivity contribution in [3.8, 4) is 0 Å². The van der Waals surface area contributed by atoms with Crippen LogP contribution in [0.3, 0.4) is 0 Å². The molecule has 0 radical (unpaired) electrons. The summed E-state index contributed by atoms with van der Waals surface area (Å²) in [5.74, 6) is -0.472. The highest BCUT2D eigenvalue weighted by Gasteiger charge is 2.46. The van der Waals surface area contributed by atoms with E-state index in [2.05, 4.69) is 5.32 Å². The summed E-state index contributed by atoms with van der Waals surface area (Å²) in [5.41, 5.74) is 5.93. The Hall–Kier alpha value is -1.42. The van der Waals surface area contributed by atoms with E-state index < -0.39 is 6.04 Å². The van der Waals surface area contributed by atoms with Crippen molar-refractivity contribution in [3.63, 3.8) is 0 Å². The third-order valence-corrected chi connectivity index (χ3v) is 2.90. The number of amides is 1. The predicted molar refractivity (Wildman–Crippen MR) is 59.1 cm³/mol. The molecule has 4 heteroatoms. The van der Waals surface area contributed by atoms with Crippen LogP contribution in [0.5, 0.6) is 0 Å². The zero-order valence-electron chi connectivity index (χ0n) is 9.16. The van der Waals surface area contributed by atoms with Gasteiger partial charge in [-0.3, -0.25) is 4.79 Å². The quantitative estimate of drug-likeness (QED) is 0.809. The Balaban J connectivity index is 2.17. The molecule has 0 aromatic heterocycles. The molecular weight excluding hydrogens is 207 g/mol. The zero-order chi connectivity index (χ0) is 11.8. The third-order valence-electron chi connectivity index (χ3n) is 2.90. The number of carbonyl (C=O) groups excluding carboxylic acids is 1. The molecule has 1 aliphatic rings. The lowest BCUT2D eigenvalue weighted by atomic mass is 10.0. The molecule has 1 aliphatic carbocycles. The summed E-state index contributed by atoms with van der Waals surface area (Å²) >= 11 is 0. The summed E-state index contributed by atoms with van der Waals surface area (Å²) in [6.45, 7) is 1.64. The Labute approximate surface area is 93.8 Å². The van der Waals surface area contributed by atoms with E-state index in [4.69, 9.17) is 5.73 Å². The molecule has 3 nitrogen and oxygen atoms in total. The summed E-state index contributed by atoms with van der Waals surface area (Å²) < 4.78 is 13.1. The van der Waals surface area contributed by atoms with Crippen LogP contribution in [0.15, 0.2) is 24.3 Å². The van der Waals surface area contributed by atoms with Gasteiger partial charge in [0, 0.05) is 0 Å². The molecule has 0 bridgehead atoms. The summed E-state index contributed by atoms with van der Waals surface area (Å²) in [6.07, 6.45) is 1.68. The number of hydrogen-bond donors (Lipinski definition) is 2. The highest BCUT2D eigenvalue weighted by molar-refractivity contribution is 5.82. The summed E-state index contributed by atoms with van der Waals surface area (Å²) in [4.78, 5) is 11.5. The lowest BCUT2D eigenvalue weighted by Crippen LogP contribution is -2.44. The average Bonchev–Trinajstić information content (AvgIpc) is 2.99. The van der Waals surface area contributed by atoms with Crippen LogP contribution in [-0.4, -0.2) is 11.9 Å². The van der Waals surface area contributed by atoms with Gasteiger partial charge < -0.3 is 11.1 Å². The second-order valence-electron chi connectivity index (χ2n) is 4.37. The van der Waals surface area contributed by atoms with Crippen molar-refractivity contribution < 1.29 is 9.18 Å². The van der Waals surface area contributed by atoms with Crippen molar-refractivity contribution in [2.45, 2.75) is 31.3 Å². The highest BCUT2D eigenvalue weighted by Crippen LogP contribution is 2.45. The molecule has 1 aromatic carbocycles. The van der Waals surface area contributed by atoms with E-state index >= 15 is 0 Å². The molecule has 1 fully saturated rings. The third kappa shape index (κ3) is 2.07. The molecule has 0 unspecified atom stereocenters. The molecule has 1 atom stereocenters. The molecular formula is C12H15FN2O. The van der Waals surface area contributed by atoms with E-state index in [9.17, 15) is 9.18 Å². The molecule has 3 N–H and O–H groups in total. The van der Waals surface area contributed by atoms with E-state index in [-0.39, 0.29) is 17.3 Å². The van der Waals surface area contributed by atoms with Crippen molar-refractivity contribution in [3.05, 3.63) is 35.6 Å². The van der Waals surface area contributed by atoms with E-state index in [1.807, 2.05) is 6.07 Å². The van der Waals surface area contributed by atoms with Gasteiger partial charge in [0.25, 0.3) is 0 Å². The monoisotopic (exact) mass is 222 g/mol. The number of halogens is 1. The van der Waals surface area contributed by atoms with E-state index in [1.165, 1.54) is 12.1 Å². The van der Waals surface area contributed by atoms with Gasteiger partial charge in [-0.15, -0.1) is 0 Å². The van der Waals surface area contributed by atoms with Crippen molar-refractivity contribution in [1.29, 1.82) is 0 Å². The van der Waals surface area contributed by atoms with Gasteiger partial charge in [0.1, 0.15) is 5.82 Å². The number of carbonyl (C=O) groups is 1. The standard InChI is InChI=1S/C12H15FN2O/c1-8(14)11(16)15-12(5-6-12)9-3-2-4-10(13)7-9/h2-4,7-8H,5-6,14H2,1H3,(H,15,16)/t8-/m0/s1. The second kappa shape index (κ2) is 3.87. The molecule has 16 heavy (non-hydrogen) atoms. The SMILES string of the molecule is C[C@H](N)C(=O)NC1(c2cccc(F)c2)CC1. The Morgan fingerprint density at radius 2 is 2.25 bits per heavy atom. The van der Waals surface area contributed by atoms with E-state index in [0.29, 0.717) is 0 Å². The molecule has 2 rings (SSSR count). The van der Waals surface area contributed by atoms with Crippen LogP contribution in [0.25, 0.3) is 0 Å². The summed E-state index contributed by atoms with van der Waals surface area (Å²) in [6, 6.07) is 5.81. The molecule has 0 spiro atoms. The van der Waals surface area contributed by atoms with Gasteiger partial charge in [0.05, 0.1) is 11.6 Å². The van der Waals surface area contributed by atoms with Gasteiger partial charge in [-0.1, -0.05) is 12.1 Å². The second-order valence-corrected chi connectivity index (χ2v) is 4.37. The maximum Gasteiger partial charge on any atom is 0.237 e. The lowest BCUT2D eigenvalue weighted by molar-refractivity contribution is -0.123. The fourth-order valence-electron chi connectivity index (χ4n) is 1.75. The topological polar surface area (TPSA) is 55.1 Å². The summed E-state index contributed by atoms with van der Waals surface area (Å²) in [7, 11) is 0. The Bertz CT molecular complexity index is 413. The number of nitrogens with two attached hydrogens (primary N) is 1. The van der Waals surface area contributed by atoms with Gasteiger partial charge in [0.2, 0.25) is 5.91 Å². The van der Waals surface area contributed by atoms with Gasteiger partial charge >= 0.3 is 0 Å². The first-order valence-electron chi connectivity index (χ1n) is 5.37. The van der Waals surface area contributed by atoms with Crippen molar-refractivity contribution in [1.82, 2.24) is 5.32 Å². The minimum Gasteiger partial charge on any atom is -0.345 e. The van der Waals surface area contributed by atoms with Crippen molar-refractivity contribution >= 4 is 5.91 Å². The fraction of sp³-hybridized carbons (Fsp3) is 0.417. The van der Waals surface area contributed by atoms with Gasteiger partial charge in [-0.05, 0) is 37.5 Å². The molecule has 0 aliphatic heterocycles. The van der Waals surface area contributed by atoms with E-state index in [1.54, 1.807) is 13.0 Å². The number of nitrogens with one attached hydrogen (secondary N) is 1. The molecule has 1 amide bonds. The first-order chi connectivity index (χ1) is 7.53. The highest BCUT2D eigenvalue weighted by atomic mass is 19.1. The first-order valence-corrected chi connectivity index (χ1v) is 5.37. The van der Waals surface area contributed by atoms with Gasteiger partial charge in [-0.2, -0.15) is 0 Å². The van der Waals surface area contributed by atoms with Crippen LogP contribution in [0.2, 0.25) is 0 Å².